The van der Waals surface area contributed by atoms with Crippen molar-refractivity contribution < 1.29 is 8.42 Å². The molecule has 0 bridgehead atoms. The standard InChI is InChI=1S/C13H13ClN2O2S/c14-11-4-2-6-13(8-11)19(17,18)16-12-5-1-3-10(7-12)9-15/h1-8,16H,9,15H2. The summed E-state index contributed by atoms with van der Waals surface area (Å²) in [6, 6.07) is 13.0. The van der Waals surface area contributed by atoms with Crippen molar-refractivity contribution >= 4 is 27.3 Å². The summed E-state index contributed by atoms with van der Waals surface area (Å²) in [6.07, 6.45) is 0. The lowest BCUT2D eigenvalue weighted by atomic mass is 10.2. The van der Waals surface area contributed by atoms with Gasteiger partial charge >= 0.3 is 0 Å². The van der Waals surface area contributed by atoms with Gasteiger partial charge in [-0.25, -0.2) is 8.42 Å². The van der Waals surface area contributed by atoms with Crippen molar-refractivity contribution in [2.24, 2.45) is 5.73 Å². The molecule has 0 aliphatic carbocycles. The summed E-state index contributed by atoms with van der Waals surface area (Å²) in [7, 11) is -3.64. The molecule has 100 valence electrons. The highest BCUT2D eigenvalue weighted by Gasteiger charge is 2.14. The molecule has 4 nitrogen and oxygen atoms in total. The number of nitrogens with two attached hydrogens (primary N) is 1. The highest BCUT2D eigenvalue weighted by atomic mass is 35.5. The van der Waals surface area contributed by atoms with Crippen LogP contribution in [0, 0.1) is 0 Å². The Bertz CT molecular complexity index is 687. The lowest BCUT2D eigenvalue weighted by Gasteiger charge is -2.09. The summed E-state index contributed by atoms with van der Waals surface area (Å²) in [5, 5.41) is 0.374. The Kier molecular flexibility index (Phi) is 4.09. The van der Waals surface area contributed by atoms with Crippen molar-refractivity contribution in [1.29, 1.82) is 0 Å². The zero-order valence-electron chi connectivity index (χ0n) is 10.0. The molecule has 0 radical (unpaired) electrons. The van der Waals surface area contributed by atoms with Gasteiger partial charge in [-0.1, -0.05) is 29.8 Å². The molecule has 0 saturated carbocycles. The van der Waals surface area contributed by atoms with Gasteiger partial charge in [0.1, 0.15) is 0 Å². The summed E-state index contributed by atoms with van der Waals surface area (Å²) in [5.74, 6) is 0. The monoisotopic (exact) mass is 296 g/mol. The van der Waals surface area contributed by atoms with Gasteiger partial charge in [0.2, 0.25) is 0 Å². The molecule has 2 aromatic rings. The molecule has 0 spiro atoms. The summed E-state index contributed by atoms with van der Waals surface area (Å²) >= 11 is 5.79. The van der Waals surface area contributed by atoms with E-state index in [1.54, 1.807) is 30.3 Å². The molecule has 19 heavy (non-hydrogen) atoms. The molecular formula is C13H13ClN2O2S. The van der Waals surface area contributed by atoms with Crippen molar-refractivity contribution in [2.45, 2.75) is 11.4 Å². The first-order valence-electron chi connectivity index (χ1n) is 5.59. The summed E-state index contributed by atoms with van der Waals surface area (Å²) in [5.41, 5.74) is 6.85. The third kappa shape index (κ3) is 3.47. The summed E-state index contributed by atoms with van der Waals surface area (Å²) in [6.45, 7) is 0.354. The van der Waals surface area contributed by atoms with Crippen LogP contribution in [0.1, 0.15) is 5.56 Å². The minimum absolute atomic E-state index is 0.123. The lowest BCUT2D eigenvalue weighted by molar-refractivity contribution is 0.601. The van der Waals surface area contributed by atoms with Gasteiger partial charge in [-0.3, -0.25) is 4.72 Å². The van der Waals surface area contributed by atoms with E-state index in [0.717, 1.165) is 5.56 Å². The van der Waals surface area contributed by atoms with Crippen LogP contribution in [0.15, 0.2) is 53.4 Å². The van der Waals surface area contributed by atoms with Crippen LogP contribution in [0.3, 0.4) is 0 Å². The topological polar surface area (TPSA) is 72.2 Å². The number of nitrogens with one attached hydrogen (secondary N) is 1. The summed E-state index contributed by atoms with van der Waals surface area (Å²) in [4.78, 5) is 0.123. The third-order valence-electron chi connectivity index (χ3n) is 2.52. The Hall–Kier alpha value is -1.56. The highest BCUT2D eigenvalue weighted by molar-refractivity contribution is 7.92. The molecule has 2 aromatic carbocycles. The SMILES string of the molecule is NCc1cccc(NS(=O)(=O)c2cccc(Cl)c2)c1. The van der Waals surface area contributed by atoms with Crippen LogP contribution in [0.2, 0.25) is 5.02 Å². The molecule has 0 fully saturated rings. The fourth-order valence-corrected chi connectivity index (χ4v) is 2.96. The number of rotatable bonds is 4. The zero-order chi connectivity index (χ0) is 13.9. The number of sulfonamides is 1. The Morgan fingerprint density at radius 3 is 2.53 bits per heavy atom. The predicted molar refractivity (Wildman–Crippen MR) is 76.6 cm³/mol. The largest absolute Gasteiger partial charge is 0.326 e. The van der Waals surface area contributed by atoms with E-state index in [2.05, 4.69) is 4.72 Å². The molecule has 0 aliphatic rings. The molecule has 0 atom stereocenters. The molecule has 0 aliphatic heterocycles. The van der Waals surface area contributed by atoms with Crippen LogP contribution in [0.4, 0.5) is 5.69 Å². The van der Waals surface area contributed by atoms with E-state index in [1.807, 2.05) is 6.07 Å². The minimum Gasteiger partial charge on any atom is -0.326 e. The second-order valence-corrected chi connectivity index (χ2v) is 6.09. The van der Waals surface area contributed by atoms with E-state index in [-0.39, 0.29) is 4.90 Å². The lowest BCUT2D eigenvalue weighted by Crippen LogP contribution is -2.13. The van der Waals surface area contributed by atoms with E-state index in [9.17, 15) is 8.42 Å². The van der Waals surface area contributed by atoms with E-state index in [1.165, 1.54) is 12.1 Å². The normalized spacial score (nSPS) is 11.3. The molecule has 3 N–H and O–H groups in total. The molecule has 2 rings (SSSR count). The van der Waals surface area contributed by atoms with Gasteiger partial charge in [0, 0.05) is 17.3 Å². The van der Waals surface area contributed by atoms with Crippen molar-refractivity contribution in [1.82, 2.24) is 0 Å². The predicted octanol–water partition coefficient (Wildman–Crippen LogP) is 2.60. The van der Waals surface area contributed by atoms with E-state index < -0.39 is 10.0 Å². The van der Waals surface area contributed by atoms with Gasteiger partial charge in [0.25, 0.3) is 10.0 Å². The van der Waals surface area contributed by atoms with E-state index in [4.69, 9.17) is 17.3 Å². The molecule has 0 unspecified atom stereocenters. The third-order valence-corrected chi connectivity index (χ3v) is 4.14. The second kappa shape index (κ2) is 5.61. The highest BCUT2D eigenvalue weighted by Crippen LogP contribution is 2.19. The number of hydrogen-bond donors (Lipinski definition) is 2. The van der Waals surface area contributed by atoms with Crippen LogP contribution in [-0.4, -0.2) is 8.42 Å². The van der Waals surface area contributed by atoms with Gasteiger partial charge in [0.15, 0.2) is 0 Å². The first-order chi connectivity index (χ1) is 9.01. The Morgan fingerprint density at radius 2 is 1.84 bits per heavy atom. The van der Waals surface area contributed by atoms with Crippen LogP contribution in [-0.2, 0) is 16.6 Å². The van der Waals surface area contributed by atoms with Gasteiger partial charge in [-0.15, -0.1) is 0 Å². The van der Waals surface area contributed by atoms with Crippen LogP contribution < -0.4 is 10.5 Å². The van der Waals surface area contributed by atoms with Gasteiger partial charge < -0.3 is 5.73 Å². The Morgan fingerprint density at radius 1 is 1.11 bits per heavy atom. The van der Waals surface area contributed by atoms with Crippen molar-refractivity contribution in [2.75, 3.05) is 4.72 Å². The van der Waals surface area contributed by atoms with Gasteiger partial charge in [-0.05, 0) is 35.9 Å². The number of hydrogen-bond acceptors (Lipinski definition) is 3. The maximum atomic E-state index is 12.2. The minimum atomic E-state index is -3.64. The Balaban J connectivity index is 2.31. The first kappa shape index (κ1) is 13.9. The number of benzene rings is 2. The van der Waals surface area contributed by atoms with Crippen molar-refractivity contribution in [3.8, 4) is 0 Å². The van der Waals surface area contributed by atoms with Gasteiger partial charge in [0.05, 0.1) is 4.90 Å². The molecule has 6 heteroatoms. The number of anilines is 1. The summed E-state index contributed by atoms with van der Waals surface area (Å²) < 4.78 is 26.8. The average molecular weight is 297 g/mol. The average Bonchev–Trinajstić information content (AvgIpc) is 2.38. The zero-order valence-corrected chi connectivity index (χ0v) is 11.6. The maximum absolute atomic E-state index is 12.2. The smallest absolute Gasteiger partial charge is 0.261 e. The van der Waals surface area contributed by atoms with Crippen molar-refractivity contribution in [3.63, 3.8) is 0 Å². The van der Waals surface area contributed by atoms with E-state index >= 15 is 0 Å². The maximum Gasteiger partial charge on any atom is 0.261 e. The first-order valence-corrected chi connectivity index (χ1v) is 7.45. The number of halogens is 1. The van der Waals surface area contributed by atoms with Crippen molar-refractivity contribution in [3.05, 3.63) is 59.1 Å². The van der Waals surface area contributed by atoms with Gasteiger partial charge in [-0.2, -0.15) is 0 Å². The molecular weight excluding hydrogens is 284 g/mol. The second-order valence-electron chi connectivity index (χ2n) is 3.97. The molecule has 0 saturated heterocycles. The molecule has 0 heterocycles. The Labute approximate surface area is 117 Å². The fourth-order valence-electron chi connectivity index (χ4n) is 1.61. The molecule has 0 aromatic heterocycles. The van der Waals surface area contributed by atoms with Crippen LogP contribution in [0.25, 0.3) is 0 Å². The van der Waals surface area contributed by atoms with E-state index in [0.29, 0.717) is 17.3 Å². The quantitative estimate of drug-likeness (QED) is 0.911. The van der Waals surface area contributed by atoms with Crippen LogP contribution >= 0.6 is 11.6 Å². The fraction of sp³-hybridized carbons (Fsp3) is 0.0769. The molecule has 0 amide bonds. The van der Waals surface area contributed by atoms with Crippen LogP contribution in [0.5, 0.6) is 0 Å².